The molecule has 18 heavy (non-hydrogen) atoms. The van der Waals surface area contributed by atoms with E-state index in [1.807, 2.05) is 0 Å². The Kier molecular flexibility index (Phi) is 3.76. The lowest BCUT2D eigenvalue weighted by Crippen LogP contribution is -2.35. The molecule has 2 rings (SSSR count). The first-order valence-electron chi connectivity index (χ1n) is 5.27. The molecule has 1 fully saturated rings. The molecule has 4 atom stereocenters. The van der Waals surface area contributed by atoms with Crippen molar-refractivity contribution in [3.63, 3.8) is 0 Å². The van der Waals surface area contributed by atoms with Crippen molar-refractivity contribution >= 4 is 0 Å². The molecular formula is C11H12F2O5. The molecule has 0 amide bonds. The minimum absolute atomic E-state index is 0.314. The first-order chi connectivity index (χ1) is 8.52. The van der Waals surface area contributed by atoms with Gasteiger partial charge in [0, 0.05) is 6.07 Å². The van der Waals surface area contributed by atoms with Crippen molar-refractivity contribution in [2.24, 2.45) is 0 Å². The van der Waals surface area contributed by atoms with Crippen molar-refractivity contribution in [1.82, 2.24) is 0 Å². The van der Waals surface area contributed by atoms with E-state index >= 15 is 0 Å². The second-order valence-corrected chi connectivity index (χ2v) is 3.90. The van der Waals surface area contributed by atoms with Crippen LogP contribution in [0.1, 0.15) is 0 Å². The first kappa shape index (κ1) is 13.2. The Bertz CT molecular complexity index is 428. The highest BCUT2D eigenvalue weighted by Crippen LogP contribution is 2.26. The summed E-state index contributed by atoms with van der Waals surface area (Å²) in [6.45, 7) is -0.510. The van der Waals surface area contributed by atoms with Crippen LogP contribution in [0, 0.1) is 11.6 Å². The fourth-order valence-electron chi connectivity index (χ4n) is 1.66. The molecule has 3 N–H and O–H groups in total. The molecule has 0 bridgehead atoms. The van der Waals surface area contributed by atoms with Gasteiger partial charge in [0.25, 0.3) is 0 Å². The number of aliphatic hydroxyl groups is 3. The lowest BCUT2D eigenvalue weighted by atomic mass is 10.1. The number of ether oxygens (including phenoxy) is 2. The van der Waals surface area contributed by atoms with Gasteiger partial charge in [-0.05, 0) is 12.1 Å². The Morgan fingerprint density at radius 2 is 1.94 bits per heavy atom. The summed E-state index contributed by atoms with van der Waals surface area (Å²) in [4.78, 5) is 0. The van der Waals surface area contributed by atoms with Crippen LogP contribution in [0.25, 0.3) is 0 Å². The molecule has 5 nitrogen and oxygen atoms in total. The minimum atomic E-state index is -1.42. The smallest absolute Gasteiger partial charge is 0.229 e. The van der Waals surface area contributed by atoms with E-state index in [1.54, 1.807) is 0 Å². The number of hydrogen-bond donors (Lipinski definition) is 3. The Balaban J connectivity index is 2.10. The Labute approximate surface area is 101 Å². The van der Waals surface area contributed by atoms with Crippen molar-refractivity contribution in [2.45, 2.75) is 24.6 Å². The van der Waals surface area contributed by atoms with E-state index in [0.29, 0.717) is 6.07 Å². The second kappa shape index (κ2) is 5.15. The zero-order valence-corrected chi connectivity index (χ0v) is 9.16. The third-order valence-corrected chi connectivity index (χ3v) is 2.64. The normalized spacial score (nSPS) is 31.6. The van der Waals surface area contributed by atoms with Crippen molar-refractivity contribution in [1.29, 1.82) is 0 Å². The van der Waals surface area contributed by atoms with E-state index in [1.165, 1.54) is 0 Å². The highest BCUT2D eigenvalue weighted by molar-refractivity contribution is 5.25. The Morgan fingerprint density at radius 3 is 2.50 bits per heavy atom. The summed E-state index contributed by atoms with van der Waals surface area (Å²) in [5.74, 6) is -2.03. The van der Waals surface area contributed by atoms with Gasteiger partial charge in [-0.3, -0.25) is 0 Å². The second-order valence-electron chi connectivity index (χ2n) is 3.90. The summed E-state index contributed by atoms with van der Waals surface area (Å²) in [5.41, 5.74) is 0. The maximum Gasteiger partial charge on any atom is 0.229 e. The standard InChI is InChI=1S/C11H12F2O5/c12-5-1-2-7(6(13)3-5)17-11-10(16)9(15)8(4-14)18-11/h1-3,8-11,14-16H,4H2/t8-,9-,10-,11-/m1/s1. The van der Waals surface area contributed by atoms with Gasteiger partial charge in [0.2, 0.25) is 6.29 Å². The summed E-state index contributed by atoms with van der Waals surface area (Å²) in [5, 5.41) is 27.9. The van der Waals surface area contributed by atoms with Crippen LogP contribution in [0.5, 0.6) is 5.75 Å². The summed E-state index contributed by atoms with van der Waals surface area (Å²) in [6.07, 6.45) is -5.08. The molecule has 1 aliphatic heterocycles. The lowest BCUT2D eigenvalue weighted by Gasteiger charge is -2.17. The Morgan fingerprint density at radius 1 is 1.22 bits per heavy atom. The fraction of sp³-hybridized carbons (Fsp3) is 0.455. The van der Waals surface area contributed by atoms with E-state index in [-0.39, 0.29) is 5.75 Å². The van der Waals surface area contributed by atoms with Crippen molar-refractivity contribution in [3.05, 3.63) is 29.8 Å². The summed E-state index contributed by atoms with van der Waals surface area (Å²) >= 11 is 0. The SMILES string of the molecule is OC[C@H]1O[C@@H](Oc2ccc(F)cc2F)[C@H](O)[C@@H]1O. The first-order valence-corrected chi connectivity index (χ1v) is 5.27. The van der Waals surface area contributed by atoms with Crippen molar-refractivity contribution < 1.29 is 33.6 Å². The van der Waals surface area contributed by atoms with Gasteiger partial charge in [-0.25, -0.2) is 8.78 Å². The lowest BCUT2D eigenvalue weighted by molar-refractivity contribution is -0.117. The maximum absolute atomic E-state index is 13.3. The van der Waals surface area contributed by atoms with E-state index < -0.39 is 42.8 Å². The van der Waals surface area contributed by atoms with Gasteiger partial charge in [0.05, 0.1) is 6.61 Å². The van der Waals surface area contributed by atoms with Crippen LogP contribution in [0.2, 0.25) is 0 Å². The molecule has 0 aliphatic carbocycles. The number of benzene rings is 1. The third-order valence-electron chi connectivity index (χ3n) is 2.64. The molecule has 7 heteroatoms. The van der Waals surface area contributed by atoms with Gasteiger partial charge in [-0.15, -0.1) is 0 Å². The molecule has 1 aromatic rings. The molecule has 1 saturated heterocycles. The van der Waals surface area contributed by atoms with E-state index in [4.69, 9.17) is 14.6 Å². The highest BCUT2D eigenvalue weighted by atomic mass is 19.1. The molecule has 0 saturated carbocycles. The average Bonchev–Trinajstić information content (AvgIpc) is 2.60. The van der Waals surface area contributed by atoms with Crippen LogP contribution in [0.3, 0.4) is 0 Å². The van der Waals surface area contributed by atoms with Gasteiger partial charge in [-0.2, -0.15) is 0 Å². The third kappa shape index (κ3) is 2.44. The molecule has 0 spiro atoms. The summed E-state index contributed by atoms with van der Waals surface area (Å²) in [7, 11) is 0. The van der Waals surface area contributed by atoms with Gasteiger partial charge in [0.1, 0.15) is 24.1 Å². The summed E-state index contributed by atoms with van der Waals surface area (Å²) < 4.78 is 35.9. The van der Waals surface area contributed by atoms with Crippen LogP contribution in [0.15, 0.2) is 18.2 Å². The maximum atomic E-state index is 13.3. The molecule has 0 unspecified atom stereocenters. The number of rotatable bonds is 3. The number of hydrogen-bond acceptors (Lipinski definition) is 5. The van der Waals surface area contributed by atoms with Crippen LogP contribution < -0.4 is 4.74 Å². The average molecular weight is 262 g/mol. The predicted molar refractivity (Wildman–Crippen MR) is 54.7 cm³/mol. The monoisotopic (exact) mass is 262 g/mol. The molecular weight excluding hydrogens is 250 g/mol. The summed E-state index contributed by atoms with van der Waals surface area (Å²) in [6, 6.07) is 2.65. The van der Waals surface area contributed by atoms with Crippen LogP contribution in [-0.4, -0.2) is 46.5 Å². The van der Waals surface area contributed by atoms with Crippen molar-refractivity contribution in [2.75, 3.05) is 6.61 Å². The molecule has 1 heterocycles. The minimum Gasteiger partial charge on any atom is -0.459 e. The largest absolute Gasteiger partial charge is 0.459 e. The van der Waals surface area contributed by atoms with Gasteiger partial charge in [0.15, 0.2) is 11.6 Å². The number of halogens is 2. The molecule has 1 aromatic carbocycles. The van der Waals surface area contributed by atoms with E-state index in [2.05, 4.69) is 0 Å². The van der Waals surface area contributed by atoms with Gasteiger partial charge < -0.3 is 24.8 Å². The molecule has 100 valence electrons. The van der Waals surface area contributed by atoms with E-state index in [9.17, 15) is 19.0 Å². The quantitative estimate of drug-likeness (QED) is 0.702. The van der Waals surface area contributed by atoms with Crippen LogP contribution in [0.4, 0.5) is 8.78 Å². The van der Waals surface area contributed by atoms with Crippen LogP contribution >= 0.6 is 0 Å². The van der Waals surface area contributed by atoms with Gasteiger partial charge >= 0.3 is 0 Å². The van der Waals surface area contributed by atoms with Crippen LogP contribution in [-0.2, 0) is 4.74 Å². The topological polar surface area (TPSA) is 79.2 Å². The van der Waals surface area contributed by atoms with Gasteiger partial charge in [-0.1, -0.05) is 0 Å². The molecule has 0 radical (unpaired) electrons. The number of aliphatic hydroxyl groups excluding tert-OH is 3. The molecule has 0 aromatic heterocycles. The molecule has 1 aliphatic rings. The Hall–Kier alpha value is -1.28. The van der Waals surface area contributed by atoms with E-state index in [0.717, 1.165) is 12.1 Å². The predicted octanol–water partition coefficient (Wildman–Crippen LogP) is -0.217. The highest BCUT2D eigenvalue weighted by Gasteiger charge is 2.44. The van der Waals surface area contributed by atoms with Crippen molar-refractivity contribution in [3.8, 4) is 5.75 Å². The zero-order chi connectivity index (χ0) is 13.3. The zero-order valence-electron chi connectivity index (χ0n) is 9.16. The fourth-order valence-corrected chi connectivity index (χ4v) is 1.66.